The number of aromatic amines is 2. The zero-order chi connectivity index (χ0) is 59.0. The second kappa shape index (κ2) is 29.1. The van der Waals surface area contributed by atoms with Gasteiger partial charge in [-0.25, -0.2) is 4.98 Å². The van der Waals surface area contributed by atoms with E-state index >= 15 is 0 Å². The summed E-state index contributed by atoms with van der Waals surface area (Å²) in [5.74, 6) is -6.89. The molecular weight excluding hydrogens is 1090 g/mol. The van der Waals surface area contributed by atoms with Gasteiger partial charge in [-0.3, -0.25) is 38.4 Å². The topological polar surface area (TPSA) is 343 Å². The van der Waals surface area contributed by atoms with Crippen molar-refractivity contribution in [3.63, 3.8) is 0 Å². The second-order valence-electron chi connectivity index (χ2n) is 21.1. The first-order valence-electron chi connectivity index (χ1n) is 27.6. The first-order chi connectivity index (χ1) is 40.0. The number of hydrogen-bond acceptors (Lipinski definition) is 13. The number of nitrogens with one attached hydrogen (secondary N) is 9. The molecule has 21 nitrogen and oxygen atoms in total. The SMILES string of the molecule is CC(C)[C@@H]1NC(=O)[C@@H](CCCCN)NC(=O)[C@H](Cc2c[nH]c3ccccc23)NC(=O)[C@@H](Cc2cnc[nH]2)NC(=O)[C@H](NC(=O)[C@@H](N)Cc2ccc3ccccc3c2)CSSC[C@@H](C(=O)N[C@@H](Cc2ccc3ccccc3c2)C(N)=O)NC1=O. The summed E-state index contributed by atoms with van der Waals surface area (Å²) in [6, 6.07) is 23.9. The van der Waals surface area contributed by atoms with Crippen LogP contribution in [0, 0.1) is 5.92 Å². The van der Waals surface area contributed by atoms with E-state index in [-0.39, 0.29) is 43.6 Å². The Morgan fingerprint density at radius 2 is 1.27 bits per heavy atom. The van der Waals surface area contributed by atoms with Crippen LogP contribution >= 0.6 is 21.6 Å². The summed E-state index contributed by atoms with van der Waals surface area (Å²) in [6.45, 7) is 3.71. The van der Waals surface area contributed by atoms with Crippen LogP contribution in [-0.2, 0) is 64.0 Å². The number of nitrogens with zero attached hydrogens (tertiary/aromatic N) is 1. The van der Waals surface area contributed by atoms with Gasteiger partial charge in [0.1, 0.15) is 42.3 Å². The molecule has 8 atom stereocenters. The van der Waals surface area contributed by atoms with Crippen molar-refractivity contribution >= 4 is 101 Å². The minimum Gasteiger partial charge on any atom is -0.368 e. The van der Waals surface area contributed by atoms with E-state index in [9.17, 15) is 38.4 Å². The van der Waals surface area contributed by atoms with Crippen LogP contribution in [0.5, 0.6) is 0 Å². The summed E-state index contributed by atoms with van der Waals surface area (Å²) in [5.41, 5.74) is 21.8. The fourth-order valence-corrected chi connectivity index (χ4v) is 12.2. The Bertz CT molecular complexity index is 3430. The number of carbonyl (C=O) groups is 8. The minimum absolute atomic E-state index is 0.0257. The van der Waals surface area contributed by atoms with Crippen molar-refractivity contribution in [2.45, 2.75) is 107 Å². The van der Waals surface area contributed by atoms with E-state index in [1.807, 2.05) is 109 Å². The Morgan fingerprint density at radius 1 is 0.663 bits per heavy atom. The molecule has 436 valence electrons. The number of aromatic nitrogens is 3. The number of nitrogens with two attached hydrogens (primary N) is 3. The van der Waals surface area contributed by atoms with Crippen molar-refractivity contribution < 1.29 is 38.4 Å². The van der Waals surface area contributed by atoms with Gasteiger partial charge in [-0.2, -0.15) is 0 Å². The highest BCUT2D eigenvalue weighted by Crippen LogP contribution is 2.25. The number of fused-ring (bicyclic) bond motifs is 3. The quantitative estimate of drug-likeness (QED) is 0.0435. The van der Waals surface area contributed by atoms with Gasteiger partial charge >= 0.3 is 0 Å². The fourth-order valence-electron chi connectivity index (χ4n) is 9.87. The molecule has 0 spiro atoms. The minimum atomic E-state index is -1.37. The van der Waals surface area contributed by atoms with Crippen molar-refractivity contribution in [2.24, 2.45) is 23.1 Å². The normalized spacial score (nSPS) is 20.6. The molecule has 0 radical (unpaired) electrons. The molecule has 0 unspecified atom stereocenters. The highest BCUT2D eigenvalue weighted by Gasteiger charge is 2.36. The molecule has 3 heterocycles. The maximum Gasteiger partial charge on any atom is 0.244 e. The summed E-state index contributed by atoms with van der Waals surface area (Å²) >= 11 is 0. The van der Waals surface area contributed by atoms with E-state index < -0.39 is 102 Å². The molecule has 1 aliphatic rings. The van der Waals surface area contributed by atoms with Gasteiger partial charge in [0, 0.05) is 59.8 Å². The van der Waals surface area contributed by atoms with Crippen LogP contribution in [0.15, 0.2) is 128 Å². The first kappa shape index (κ1) is 60.8. The van der Waals surface area contributed by atoms with Crippen molar-refractivity contribution in [2.75, 3.05) is 18.1 Å². The molecule has 1 aliphatic heterocycles. The number of rotatable bonds is 18. The standard InChI is InChI=1S/C60H71N13O8S2/c1-34(2)52-60(81)72-51(58(79)68-47(53(63)74)26-36-19-21-38-12-4-6-14-40(38)24-36)32-83-82-31-50(71-54(75)44(62)25-35-18-20-37-11-3-5-13-39(37)23-35)59(80)70-49(28-42-30-64-33-66-42)57(78)69-48(27-41-29-65-45-16-8-7-15-43(41)45)56(77)67-46(55(76)73-52)17-9-10-22-61/h3-8,11-16,18-21,23-24,29-30,33-34,44,46-52,65H,9-10,17,22,25-28,31-32,61-62H2,1-2H3,(H2,63,74)(H,64,66)(H,67,77)(H,68,79)(H,69,78)(H,70,80)(H,71,75)(H,72,81)(H,73,76)/t44-,46+,47-,48-,49+,50+,51-,52-/m0/s1. The molecule has 1 saturated heterocycles. The largest absolute Gasteiger partial charge is 0.368 e. The molecule has 83 heavy (non-hydrogen) atoms. The lowest BCUT2D eigenvalue weighted by molar-refractivity contribution is -0.136. The lowest BCUT2D eigenvalue weighted by Crippen LogP contribution is -2.61. The van der Waals surface area contributed by atoms with Gasteiger partial charge in [0.05, 0.1) is 12.4 Å². The Kier molecular flexibility index (Phi) is 21.4. The molecule has 23 heteroatoms. The van der Waals surface area contributed by atoms with Crippen LogP contribution in [0.25, 0.3) is 32.4 Å². The number of primary amides is 1. The van der Waals surface area contributed by atoms with Crippen molar-refractivity contribution in [3.05, 3.63) is 150 Å². The Labute approximate surface area is 488 Å². The summed E-state index contributed by atoms with van der Waals surface area (Å²) in [4.78, 5) is 126. The predicted octanol–water partition coefficient (Wildman–Crippen LogP) is 2.85. The molecule has 0 bridgehead atoms. The molecule has 1 fully saturated rings. The van der Waals surface area contributed by atoms with Gasteiger partial charge in [-0.05, 0) is 82.4 Å². The number of unbranched alkanes of at least 4 members (excludes halogenated alkanes) is 1. The zero-order valence-electron chi connectivity index (χ0n) is 46.2. The monoisotopic (exact) mass is 1170 g/mol. The highest BCUT2D eigenvalue weighted by molar-refractivity contribution is 8.76. The molecule has 5 aromatic carbocycles. The van der Waals surface area contributed by atoms with Crippen LogP contribution in [0.2, 0.25) is 0 Å². The van der Waals surface area contributed by atoms with E-state index in [4.69, 9.17) is 17.2 Å². The predicted molar refractivity (Wildman–Crippen MR) is 323 cm³/mol. The Balaban J connectivity index is 1.13. The third-order valence-corrected chi connectivity index (χ3v) is 16.9. The number of para-hydroxylation sites is 1. The van der Waals surface area contributed by atoms with Gasteiger partial charge in [-0.1, -0.05) is 139 Å². The van der Waals surface area contributed by atoms with Crippen molar-refractivity contribution in [3.8, 4) is 0 Å². The molecule has 7 aromatic rings. The smallest absolute Gasteiger partial charge is 0.244 e. The lowest BCUT2D eigenvalue weighted by atomic mass is 10.00. The van der Waals surface area contributed by atoms with Gasteiger partial charge in [-0.15, -0.1) is 0 Å². The molecule has 8 amide bonds. The van der Waals surface area contributed by atoms with Gasteiger partial charge in [0.2, 0.25) is 47.3 Å². The van der Waals surface area contributed by atoms with Gasteiger partial charge < -0.3 is 64.4 Å². The molecular formula is C60H71N13O8S2. The first-order valence-corrected chi connectivity index (χ1v) is 30.1. The molecule has 2 aromatic heterocycles. The number of hydrogen-bond donors (Lipinski definition) is 12. The Morgan fingerprint density at radius 3 is 1.92 bits per heavy atom. The van der Waals surface area contributed by atoms with E-state index in [2.05, 4.69) is 52.2 Å². The zero-order valence-corrected chi connectivity index (χ0v) is 47.8. The third-order valence-electron chi connectivity index (χ3n) is 14.5. The van der Waals surface area contributed by atoms with Crippen LogP contribution in [0.3, 0.4) is 0 Å². The summed E-state index contributed by atoms with van der Waals surface area (Å²) < 4.78 is 0. The van der Waals surface area contributed by atoms with Crippen molar-refractivity contribution in [1.82, 2.24) is 52.2 Å². The number of H-pyrrole nitrogens is 2. The van der Waals surface area contributed by atoms with Gasteiger partial charge in [0.15, 0.2) is 0 Å². The van der Waals surface area contributed by atoms with E-state index in [0.29, 0.717) is 36.2 Å². The van der Waals surface area contributed by atoms with E-state index in [1.54, 1.807) is 20.0 Å². The fraction of sp³-hybridized carbons (Fsp3) is 0.350. The molecule has 0 saturated carbocycles. The van der Waals surface area contributed by atoms with Crippen LogP contribution in [0.1, 0.15) is 55.5 Å². The van der Waals surface area contributed by atoms with E-state index in [0.717, 1.165) is 59.6 Å². The average Bonchev–Trinajstić information content (AvgIpc) is 4.35. The highest BCUT2D eigenvalue weighted by atomic mass is 33.1. The Hall–Kier alpha value is -8.25. The number of amides is 8. The second-order valence-corrected chi connectivity index (χ2v) is 23.6. The van der Waals surface area contributed by atoms with Crippen LogP contribution in [-0.4, -0.2) is 129 Å². The lowest BCUT2D eigenvalue weighted by Gasteiger charge is -2.29. The summed E-state index contributed by atoms with van der Waals surface area (Å²) in [5, 5.41) is 24.3. The van der Waals surface area contributed by atoms with E-state index in [1.165, 1.54) is 12.5 Å². The average molecular weight is 1170 g/mol. The molecule has 8 rings (SSSR count). The number of imidazole rings is 1. The summed E-state index contributed by atoms with van der Waals surface area (Å²) in [7, 11) is 2.16. The van der Waals surface area contributed by atoms with Crippen LogP contribution in [0.4, 0.5) is 0 Å². The van der Waals surface area contributed by atoms with Crippen molar-refractivity contribution in [1.29, 1.82) is 0 Å². The number of carbonyl (C=O) groups excluding carboxylic acids is 8. The van der Waals surface area contributed by atoms with Gasteiger partial charge in [0.25, 0.3) is 0 Å². The maximum absolute atomic E-state index is 14.9. The summed E-state index contributed by atoms with van der Waals surface area (Å²) in [6.07, 6.45) is 5.56. The third kappa shape index (κ3) is 16.7. The maximum atomic E-state index is 14.9. The molecule has 0 aliphatic carbocycles. The number of benzene rings is 5. The molecule has 15 N–H and O–H groups in total. The van der Waals surface area contributed by atoms with Crippen LogP contribution < -0.4 is 54.4 Å².